The van der Waals surface area contributed by atoms with Gasteiger partial charge in [-0.15, -0.1) is 0 Å². The van der Waals surface area contributed by atoms with Crippen LogP contribution in [0.5, 0.6) is 0 Å². The molecule has 1 unspecified atom stereocenters. The van der Waals surface area contributed by atoms with E-state index in [0.29, 0.717) is 13.1 Å². The zero-order chi connectivity index (χ0) is 14.0. The summed E-state index contributed by atoms with van der Waals surface area (Å²) in [6, 6.07) is 5.80. The summed E-state index contributed by atoms with van der Waals surface area (Å²) in [7, 11) is -1.86. The highest BCUT2D eigenvalue weighted by Crippen LogP contribution is 2.21. The third-order valence-electron chi connectivity index (χ3n) is 3.19. The summed E-state index contributed by atoms with van der Waals surface area (Å²) in [6.07, 6.45) is 0. The maximum atomic E-state index is 12.5. The molecule has 0 aliphatic carbocycles. The van der Waals surface area contributed by atoms with Crippen molar-refractivity contribution in [3.8, 4) is 0 Å². The molecule has 6 nitrogen and oxygen atoms in total. The lowest BCUT2D eigenvalue weighted by Gasteiger charge is -2.31. The van der Waals surface area contributed by atoms with Gasteiger partial charge in [-0.1, -0.05) is 0 Å². The lowest BCUT2D eigenvalue weighted by Crippen LogP contribution is -2.55. The van der Waals surface area contributed by atoms with E-state index in [1.807, 2.05) is 0 Å². The molecule has 104 valence electrons. The number of hydrogen-bond acceptors (Lipinski definition) is 4. The number of hydrogen-bond donors (Lipinski definition) is 2. The van der Waals surface area contributed by atoms with Gasteiger partial charge < -0.3 is 10.6 Å². The molecule has 7 heteroatoms. The van der Waals surface area contributed by atoms with E-state index in [4.69, 9.17) is 0 Å². The van der Waals surface area contributed by atoms with Crippen molar-refractivity contribution in [2.75, 3.05) is 25.5 Å². The molecule has 0 radical (unpaired) electrons. The molecule has 0 bridgehead atoms. The summed E-state index contributed by atoms with van der Waals surface area (Å²) >= 11 is 0. The molecule has 1 amide bonds. The van der Waals surface area contributed by atoms with Crippen molar-refractivity contribution in [2.45, 2.75) is 17.9 Å². The van der Waals surface area contributed by atoms with Gasteiger partial charge in [-0.2, -0.15) is 4.31 Å². The van der Waals surface area contributed by atoms with E-state index in [-0.39, 0.29) is 10.8 Å². The molecule has 0 spiro atoms. The van der Waals surface area contributed by atoms with Crippen molar-refractivity contribution in [2.24, 2.45) is 0 Å². The summed E-state index contributed by atoms with van der Waals surface area (Å²) in [6.45, 7) is 2.23. The molecule has 1 atom stereocenters. The standard InChI is InChI=1S/C12H17N3O3S/c1-9-12(16)14-7-8-15(9)19(17,18)11-5-3-10(13-2)4-6-11/h3-6,9,13H,7-8H2,1-2H3,(H,14,16). The highest BCUT2D eigenvalue weighted by molar-refractivity contribution is 7.89. The van der Waals surface area contributed by atoms with Gasteiger partial charge in [0, 0.05) is 25.8 Å². The van der Waals surface area contributed by atoms with Crippen molar-refractivity contribution >= 4 is 21.6 Å². The molecule has 2 rings (SSSR count). The van der Waals surface area contributed by atoms with Gasteiger partial charge in [-0.05, 0) is 31.2 Å². The van der Waals surface area contributed by atoms with Gasteiger partial charge in [0.05, 0.1) is 4.90 Å². The van der Waals surface area contributed by atoms with E-state index in [1.54, 1.807) is 38.2 Å². The summed E-state index contributed by atoms with van der Waals surface area (Å²) in [5.41, 5.74) is 0.836. The third kappa shape index (κ3) is 2.57. The number of benzene rings is 1. The first-order valence-electron chi connectivity index (χ1n) is 6.04. The first kappa shape index (κ1) is 13.8. The maximum absolute atomic E-state index is 12.5. The van der Waals surface area contributed by atoms with Gasteiger partial charge in [0.2, 0.25) is 15.9 Å². The number of sulfonamides is 1. The lowest BCUT2D eigenvalue weighted by atomic mass is 10.2. The highest BCUT2D eigenvalue weighted by atomic mass is 32.2. The van der Waals surface area contributed by atoms with Gasteiger partial charge in [-0.25, -0.2) is 8.42 Å². The maximum Gasteiger partial charge on any atom is 0.243 e. The topological polar surface area (TPSA) is 78.5 Å². The van der Waals surface area contributed by atoms with Gasteiger partial charge in [0.15, 0.2) is 0 Å². The fourth-order valence-electron chi connectivity index (χ4n) is 2.02. The Morgan fingerprint density at radius 2 is 1.95 bits per heavy atom. The Morgan fingerprint density at radius 1 is 1.32 bits per heavy atom. The predicted molar refractivity (Wildman–Crippen MR) is 72.4 cm³/mol. The van der Waals surface area contributed by atoms with Crippen LogP contribution in [0.4, 0.5) is 5.69 Å². The van der Waals surface area contributed by atoms with Crippen molar-refractivity contribution in [1.82, 2.24) is 9.62 Å². The Morgan fingerprint density at radius 3 is 2.53 bits per heavy atom. The molecule has 0 saturated carbocycles. The van der Waals surface area contributed by atoms with E-state index in [2.05, 4.69) is 10.6 Å². The number of anilines is 1. The molecule has 0 aromatic heterocycles. The minimum Gasteiger partial charge on any atom is -0.388 e. The van der Waals surface area contributed by atoms with Crippen LogP contribution in [0, 0.1) is 0 Å². The largest absolute Gasteiger partial charge is 0.388 e. The van der Waals surface area contributed by atoms with Crippen LogP contribution in [0.3, 0.4) is 0 Å². The van der Waals surface area contributed by atoms with Crippen molar-refractivity contribution in [1.29, 1.82) is 0 Å². The minimum absolute atomic E-state index is 0.202. The Hall–Kier alpha value is -1.60. The van der Waals surface area contributed by atoms with Crippen LogP contribution < -0.4 is 10.6 Å². The van der Waals surface area contributed by atoms with Gasteiger partial charge in [0.25, 0.3) is 0 Å². The van der Waals surface area contributed by atoms with Crippen LogP contribution in [-0.2, 0) is 14.8 Å². The second-order valence-corrected chi connectivity index (χ2v) is 6.25. The molecule has 1 saturated heterocycles. The molecule has 1 aliphatic rings. The van der Waals surface area contributed by atoms with Crippen LogP contribution in [0.1, 0.15) is 6.92 Å². The molecule has 19 heavy (non-hydrogen) atoms. The first-order chi connectivity index (χ1) is 8.96. The SMILES string of the molecule is CNc1ccc(S(=O)(=O)N2CCNC(=O)C2C)cc1. The highest BCUT2D eigenvalue weighted by Gasteiger charge is 2.35. The normalized spacial score (nSPS) is 20.9. The number of carbonyl (C=O) groups is 1. The Bertz CT molecular complexity index is 568. The number of amides is 1. The van der Waals surface area contributed by atoms with Crippen LogP contribution >= 0.6 is 0 Å². The van der Waals surface area contributed by atoms with Gasteiger partial charge >= 0.3 is 0 Å². The van der Waals surface area contributed by atoms with E-state index in [9.17, 15) is 13.2 Å². The van der Waals surface area contributed by atoms with E-state index in [1.165, 1.54) is 4.31 Å². The number of rotatable bonds is 3. The summed E-state index contributed by atoms with van der Waals surface area (Å²) in [5.74, 6) is -0.262. The van der Waals surface area contributed by atoms with E-state index in [0.717, 1.165) is 5.69 Å². The molecule has 1 fully saturated rings. The van der Waals surface area contributed by atoms with Crippen LogP contribution in [0.2, 0.25) is 0 Å². The van der Waals surface area contributed by atoms with Crippen molar-refractivity contribution in [3.05, 3.63) is 24.3 Å². The summed E-state index contributed by atoms with van der Waals surface area (Å²) < 4.78 is 26.2. The van der Waals surface area contributed by atoms with Crippen LogP contribution in [0.25, 0.3) is 0 Å². The smallest absolute Gasteiger partial charge is 0.243 e. The molecule has 1 heterocycles. The Balaban J connectivity index is 2.32. The summed E-state index contributed by atoms with van der Waals surface area (Å²) in [5, 5.41) is 5.58. The average molecular weight is 283 g/mol. The average Bonchev–Trinajstić information content (AvgIpc) is 2.41. The Labute approximate surface area is 112 Å². The zero-order valence-electron chi connectivity index (χ0n) is 10.9. The molecular formula is C12H17N3O3S. The predicted octanol–water partition coefficient (Wildman–Crippen LogP) is 0.237. The molecular weight excluding hydrogens is 266 g/mol. The number of piperazine rings is 1. The number of carbonyl (C=O) groups excluding carboxylic acids is 1. The van der Waals surface area contributed by atoms with Crippen LogP contribution in [0.15, 0.2) is 29.2 Å². The molecule has 1 aromatic rings. The first-order valence-corrected chi connectivity index (χ1v) is 7.48. The second kappa shape index (κ2) is 5.18. The molecule has 1 aromatic carbocycles. The second-order valence-electron chi connectivity index (χ2n) is 4.36. The molecule has 2 N–H and O–H groups in total. The molecule has 1 aliphatic heterocycles. The quantitative estimate of drug-likeness (QED) is 0.833. The van der Waals surface area contributed by atoms with Crippen molar-refractivity contribution in [3.63, 3.8) is 0 Å². The monoisotopic (exact) mass is 283 g/mol. The zero-order valence-corrected chi connectivity index (χ0v) is 11.7. The third-order valence-corrected chi connectivity index (χ3v) is 5.18. The Kier molecular flexibility index (Phi) is 3.77. The number of nitrogens with zero attached hydrogens (tertiary/aromatic N) is 1. The van der Waals surface area contributed by atoms with Gasteiger partial charge in [-0.3, -0.25) is 4.79 Å². The minimum atomic E-state index is -3.62. The summed E-state index contributed by atoms with van der Waals surface area (Å²) in [4.78, 5) is 11.8. The fourth-order valence-corrected chi connectivity index (χ4v) is 3.61. The van der Waals surface area contributed by atoms with Crippen molar-refractivity contribution < 1.29 is 13.2 Å². The van der Waals surface area contributed by atoms with Crippen LogP contribution in [-0.4, -0.2) is 44.8 Å². The van der Waals surface area contributed by atoms with E-state index < -0.39 is 16.1 Å². The number of nitrogens with one attached hydrogen (secondary N) is 2. The van der Waals surface area contributed by atoms with E-state index >= 15 is 0 Å². The lowest BCUT2D eigenvalue weighted by molar-refractivity contribution is -0.126. The fraction of sp³-hybridized carbons (Fsp3) is 0.417. The van der Waals surface area contributed by atoms with Gasteiger partial charge in [0.1, 0.15) is 6.04 Å².